The average molecular weight is 634 g/mol. The zero-order valence-corrected chi connectivity index (χ0v) is 26.1. The molecule has 240 valence electrons. The number of fused-ring (bicyclic) bond motifs is 1. The molecule has 0 atom stereocenters. The van der Waals surface area contributed by atoms with E-state index in [1.54, 1.807) is 51.2 Å². The summed E-state index contributed by atoms with van der Waals surface area (Å²) in [7, 11) is 0. The number of carbonyl (C=O) groups is 1. The maximum absolute atomic E-state index is 13.7. The summed E-state index contributed by atoms with van der Waals surface area (Å²) >= 11 is 0. The van der Waals surface area contributed by atoms with Crippen LogP contribution < -0.4 is 5.69 Å². The van der Waals surface area contributed by atoms with Crippen LogP contribution in [0.2, 0.25) is 0 Å². The number of likely N-dealkylation sites (tertiary alicyclic amines) is 1. The predicted molar refractivity (Wildman–Crippen MR) is 166 cm³/mol. The summed E-state index contributed by atoms with van der Waals surface area (Å²) in [4.78, 5) is 42.8. The fraction of sp³-hybridized carbons (Fsp3) is 0.364. The summed E-state index contributed by atoms with van der Waals surface area (Å²) < 4.78 is 49.5. The smallest absolute Gasteiger partial charge is 0.434 e. The van der Waals surface area contributed by atoms with E-state index in [1.807, 2.05) is 24.3 Å². The van der Waals surface area contributed by atoms with E-state index >= 15 is 0 Å². The summed E-state index contributed by atoms with van der Waals surface area (Å²) in [5, 5.41) is 0. The molecule has 10 nitrogen and oxygen atoms in total. The molecule has 3 aromatic heterocycles. The van der Waals surface area contributed by atoms with Crippen LogP contribution >= 0.6 is 0 Å². The minimum absolute atomic E-state index is 0.137. The van der Waals surface area contributed by atoms with Crippen LogP contribution in [0.1, 0.15) is 63.4 Å². The Balaban J connectivity index is 1.27. The van der Waals surface area contributed by atoms with Gasteiger partial charge in [-0.25, -0.2) is 24.5 Å². The van der Waals surface area contributed by atoms with E-state index in [1.165, 1.54) is 14.0 Å². The van der Waals surface area contributed by atoms with Crippen LogP contribution in [0.4, 0.5) is 18.0 Å². The number of aromatic amines is 1. The van der Waals surface area contributed by atoms with Gasteiger partial charge in [0.15, 0.2) is 17.2 Å². The van der Waals surface area contributed by atoms with Crippen molar-refractivity contribution in [1.29, 1.82) is 0 Å². The number of alkyl halides is 3. The molecule has 6 rings (SSSR count). The lowest BCUT2D eigenvalue weighted by atomic mass is 9.97. The summed E-state index contributed by atoms with van der Waals surface area (Å²) in [5.41, 5.74) is 2.08. The number of imidazole rings is 2. The monoisotopic (exact) mass is 633 g/mol. The molecule has 0 unspecified atom stereocenters. The Morgan fingerprint density at radius 1 is 1.04 bits per heavy atom. The molecule has 0 aliphatic carbocycles. The molecule has 4 heterocycles. The van der Waals surface area contributed by atoms with Crippen molar-refractivity contribution in [3.8, 4) is 22.8 Å². The molecule has 13 heteroatoms. The molecule has 1 aliphatic rings. The Labute approximate surface area is 262 Å². The van der Waals surface area contributed by atoms with Gasteiger partial charge in [-0.1, -0.05) is 62.4 Å². The number of nitrogens with zero attached hydrogens (tertiary/aromatic N) is 6. The Hall–Kier alpha value is -4.94. The zero-order chi connectivity index (χ0) is 33.0. The van der Waals surface area contributed by atoms with Gasteiger partial charge in [0, 0.05) is 30.4 Å². The number of hydrogen-bond acceptors (Lipinski definition) is 6. The van der Waals surface area contributed by atoms with Gasteiger partial charge in [-0.05, 0) is 37.8 Å². The summed E-state index contributed by atoms with van der Waals surface area (Å²) in [6.45, 7) is 10.0. The molecule has 1 fully saturated rings. The first-order valence-electron chi connectivity index (χ1n) is 15.0. The summed E-state index contributed by atoms with van der Waals surface area (Å²) in [5.74, 6) is 0.894. The van der Waals surface area contributed by atoms with Crippen LogP contribution in [0.5, 0.6) is 0 Å². The van der Waals surface area contributed by atoms with E-state index in [0.29, 0.717) is 22.6 Å². The first-order valence-corrected chi connectivity index (χ1v) is 15.0. The minimum Gasteiger partial charge on any atom is -0.444 e. The van der Waals surface area contributed by atoms with Crippen molar-refractivity contribution in [2.24, 2.45) is 0 Å². The van der Waals surface area contributed by atoms with Crippen molar-refractivity contribution >= 4 is 17.3 Å². The predicted octanol–water partition coefficient (Wildman–Crippen LogP) is 6.63. The number of H-pyrrole nitrogens is 1. The number of halogens is 3. The lowest BCUT2D eigenvalue weighted by molar-refractivity contribution is -0.141. The van der Waals surface area contributed by atoms with Crippen LogP contribution in [0.15, 0.2) is 65.7 Å². The Bertz CT molecular complexity index is 1960. The van der Waals surface area contributed by atoms with Crippen LogP contribution in [0.25, 0.3) is 33.9 Å². The van der Waals surface area contributed by atoms with E-state index < -0.39 is 29.6 Å². The molecule has 2 aromatic carbocycles. The first-order chi connectivity index (χ1) is 21.7. The van der Waals surface area contributed by atoms with Gasteiger partial charge in [0.05, 0.1) is 18.8 Å². The van der Waals surface area contributed by atoms with E-state index in [-0.39, 0.29) is 37.1 Å². The highest BCUT2D eigenvalue weighted by molar-refractivity contribution is 5.74. The molecular weight excluding hydrogens is 599 g/mol. The zero-order valence-electron chi connectivity index (χ0n) is 26.1. The lowest BCUT2D eigenvalue weighted by Crippen LogP contribution is -2.52. The maximum atomic E-state index is 13.7. The van der Waals surface area contributed by atoms with Gasteiger partial charge in [0.2, 0.25) is 0 Å². The fourth-order valence-corrected chi connectivity index (χ4v) is 5.50. The number of hydrogen-bond donors (Lipinski definition) is 1. The van der Waals surface area contributed by atoms with Crippen LogP contribution in [-0.4, -0.2) is 58.8 Å². The normalized spacial score (nSPS) is 14.2. The van der Waals surface area contributed by atoms with Crippen molar-refractivity contribution in [3.05, 3.63) is 88.2 Å². The minimum atomic E-state index is -4.64. The molecule has 1 aliphatic heterocycles. The van der Waals surface area contributed by atoms with Crippen molar-refractivity contribution in [1.82, 2.24) is 34.0 Å². The molecule has 1 amide bonds. The number of amides is 1. The van der Waals surface area contributed by atoms with Gasteiger partial charge < -0.3 is 19.2 Å². The van der Waals surface area contributed by atoms with E-state index in [0.717, 1.165) is 22.9 Å². The maximum Gasteiger partial charge on any atom is 0.434 e. The van der Waals surface area contributed by atoms with Crippen molar-refractivity contribution in [2.75, 3.05) is 13.1 Å². The lowest BCUT2D eigenvalue weighted by Gasteiger charge is -2.40. The molecule has 46 heavy (non-hydrogen) atoms. The second-order valence-electron chi connectivity index (χ2n) is 12.8. The topological polar surface area (TPSA) is 111 Å². The number of benzene rings is 2. The van der Waals surface area contributed by atoms with Crippen LogP contribution in [-0.2, 0) is 17.5 Å². The van der Waals surface area contributed by atoms with Gasteiger partial charge in [0.1, 0.15) is 16.9 Å². The highest BCUT2D eigenvalue weighted by atomic mass is 19.4. The standard InChI is InChI=1S/C33H34F3N7O3/c1-19(2)23-8-6-7-9-24(23)27-37-14-25-29(40-27)43(30(44)38-25)15-20-10-12-21(13-11-20)28-39-26(33(34,35)36)18-42(28)22-16-41(17-22)31(45)46-32(3,4)5/h6-14,18-19,22H,15-17H2,1-5H3,(H,38,44). The summed E-state index contributed by atoms with van der Waals surface area (Å²) in [6, 6.07) is 14.3. The van der Waals surface area contributed by atoms with Crippen molar-refractivity contribution < 1.29 is 22.7 Å². The third-order valence-electron chi connectivity index (χ3n) is 7.82. The highest BCUT2D eigenvalue weighted by Gasteiger charge is 2.40. The van der Waals surface area contributed by atoms with E-state index in [4.69, 9.17) is 9.72 Å². The second-order valence-corrected chi connectivity index (χ2v) is 12.8. The van der Waals surface area contributed by atoms with Crippen molar-refractivity contribution in [3.63, 3.8) is 0 Å². The molecule has 0 radical (unpaired) electrons. The number of nitrogens with one attached hydrogen (secondary N) is 1. The van der Waals surface area contributed by atoms with E-state index in [2.05, 4.69) is 28.8 Å². The SMILES string of the molecule is CC(C)c1ccccc1-c1ncc2[nH]c(=O)n(Cc3ccc(-c4nc(C(F)(F)F)cn4C4CN(C(=O)OC(C)(C)C)C4)cc3)c2n1. The number of ether oxygens (including phenoxy) is 1. The third kappa shape index (κ3) is 6.13. The molecule has 0 bridgehead atoms. The highest BCUT2D eigenvalue weighted by Crippen LogP contribution is 2.35. The Morgan fingerprint density at radius 2 is 1.74 bits per heavy atom. The number of rotatable bonds is 6. The second kappa shape index (κ2) is 11.5. The molecule has 1 N–H and O–H groups in total. The van der Waals surface area contributed by atoms with Gasteiger partial charge in [-0.2, -0.15) is 13.2 Å². The van der Waals surface area contributed by atoms with Gasteiger partial charge in [-0.15, -0.1) is 0 Å². The quantitative estimate of drug-likeness (QED) is 0.225. The third-order valence-corrected chi connectivity index (χ3v) is 7.82. The number of carbonyl (C=O) groups excluding carboxylic acids is 1. The molecule has 5 aromatic rings. The average Bonchev–Trinajstić information content (AvgIpc) is 3.53. The largest absolute Gasteiger partial charge is 0.444 e. The molecule has 1 saturated heterocycles. The first kappa shape index (κ1) is 31.1. The number of aromatic nitrogens is 6. The fourth-order valence-electron chi connectivity index (χ4n) is 5.50. The van der Waals surface area contributed by atoms with E-state index in [9.17, 15) is 22.8 Å². The molecule has 0 spiro atoms. The van der Waals surface area contributed by atoms with Gasteiger partial charge in [0.25, 0.3) is 0 Å². The van der Waals surface area contributed by atoms with Gasteiger partial charge in [-0.3, -0.25) is 4.57 Å². The van der Waals surface area contributed by atoms with Gasteiger partial charge >= 0.3 is 18.0 Å². The van der Waals surface area contributed by atoms with Crippen LogP contribution in [0, 0.1) is 0 Å². The Kier molecular flexibility index (Phi) is 7.73. The Morgan fingerprint density at radius 3 is 2.39 bits per heavy atom. The molecule has 0 saturated carbocycles. The summed E-state index contributed by atoms with van der Waals surface area (Å²) in [6.07, 6.45) is -2.57. The van der Waals surface area contributed by atoms with Crippen molar-refractivity contribution in [2.45, 2.75) is 64.9 Å². The van der Waals surface area contributed by atoms with Crippen LogP contribution in [0.3, 0.4) is 0 Å². The molecular formula is C33H34F3N7O3.